The minimum Gasteiger partial charge on any atom is -0.490 e. The number of benzene rings is 2. The maximum Gasteiger partial charge on any atom is 0.338 e. The van der Waals surface area contributed by atoms with Crippen molar-refractivity contribution in [3.63, 3.8) is 0 Å². The van der Waals surface area contributed by atoms with Crippen LogP contribution in [0.15, 0.2) is 47.4 Å². The molecule has 28 heavy (non-hydrogen) atoms. The fourth-order valence-electron chi connectivity index (χ4n) is 2.80. The zero-order chi connectivity index (χ0) is 20.1. The molecule has 0 bridgehead atoms. The van der Waals surface area contributed by atoms with Gasteiger partial charge in [-0.1, -0.05) is 23.2 Å². The molecule has 6 nitrogen and oxygen atoms in total. The van der Waals surface area contributed by atoms with Crippen LogP contribution >= 0.6 is 23.2 Å². The Kier molecular flexibility index (Phi) is 6.82. The van der Waals surface area contributed by atoms with Gasteiger partial charge in [0.05, 0.1) is 10.6 Å². The molecule has 0 radical (unpaired) electrons. The number of hydrogen-bond acceptors (Lipinski definition) is 5. The molecule has 0 spiro atoms. The van der Waals surface area contributed by atoms with E-state index in [9.17, 15) is 13.2 Å². The first-order chi connectivity index (χ1) is 13.4. The van der Waals surface area contributed by atoms with Crippen molar-refractivity contribution in [3.8, 4) is 5.75 Å². The molecule has 0 atom stereocenters. The molecule has 9 heteroatoms. The van der Waals surface area contributed by atoms with Gasteiger partial charge in [-0.2, -0.15) is 4.31 Å². The van der Waals surface area contributed by atoms with E-state index in [1.165, 1.54) is 22.5 Å². The summed E-state index contributed by atoms with van der Waals surface area (Å²) in [6, 6.07) is 10.9. The number of hydrogen-bond donors (Lipinski definition) is 0. The molecule has 1 fully saturated rings. The summed E-state index contributed by atoms with van der Waals surface area (Å²) in [5.41, 5.74) is 0.119. The van der Waals surface area contributed by atoms with E-state index in [1.807, 2.05) is 0 Å². The van der Waals surface area contributed by atoms with Gasteiger partial charge in [0.15, 0.2) is 0 Å². The Morgan fingerprint density at radius 1 is 1.00 bits per heavy atom. The van der Waals surface area contributed by atoms with Crippen LogP contribution in [0.5, 0.6) is 5.75 Å². The lowest BCUT2D eigenvalue weighted by atomic mass is 10.2. The molecular formula is C19H19Cl2NO5S. The van der Waals surface area contributed by atoms with Crippen LogP contribution in [-0.4, -0.2) is 45.0 Å². The number of carbonyl (C=O) groups excluding carboxylic acids is 1. The topological polar surface area (TPSA) is 72.9 Å². The maximum atomic E-state index is 12.7. The summed E-state index contributed by atoms with van der Waals surface area (Å²) in [5.74, 6) is -0.0415. The third-order valence-electron chi connectivity index (χ3n) is 4.25. The zero-order valence-corrected chi connectivity index (χ0v) is 17.3. The van der Waals surface area contributed by atoms with Gasteiger partial charge < -0.3 is 9.47 Å². The highest BCUT2D eigenvalue weighted by molar-refractivity contribution is 7.89. The average molecular weight is 444 g/mol. The summed E-state index contributed by atoms with van der Waals surface area (Å²) in [6.45, 7) is 1.07. The van der Waals surface area contributed by atoms with Gasteiger partial charge in [0.25, 0.3) is 0 Å². The molecule has 0 aliphatic carbocycles. The fraction of sp³-hybridized carbons (Fsp3) is 0.316. The van der Waals surface area contributed by atoms with E-state index in [2.05, 4.69) is 0 Å². The van der Waals surface area contributed by atoms with E-state index in [1.54, 1.807) is 24.3 Å². The van der Waals surface area contributed by atoms with Crippen molar-refractivity contribution in [2.45, 2.75) is 17.7 Å². The molecule has 0 amide bonds. The van der Waals surface area contributed by atoms with Crippen LogP contribution < -0.4 is 4.74 Å². The van der Waals surface area contributed by atoms with E-state index in [0.717, 1.165) is 12.8 Å². The predicted octanol–water partition coefficient (Wildman–Crippen LogP) is 4.01. The van der Waals surface area contributed by atoms with E-state index < -0.39 is 16.0 Å². The smallest absolute Gasteiger partial charge is 0.338 e. The third kappa shape index (κ3) is 4.97. The van der Waals surface area contributed by atoms with Gasteiger partial charge >= 0.3 is 5.97 Å². The first-order valence-corrected chi connectivity index (χ1v) is 10.9. The summed E-state index contributed by atoms with van der Waals surface area (Å²) >= 11 is 11.9. The molecule has 1 saturated heterocycles. The summed E-state index contributed by atoms with van der Waals surface area (Å²) < 4.78 is 37.5. The minimum absolute atomic E-state index is 0.0122. The Labute approximate surface area is 174 Å². The van der Waals surface area contributed by atoms with Gasteiger partial charge in [0, 0.05) is 18.1 Å². The first-order valence-electron chi connectivity index (χ1n) is 8.73. The van der Waals surface area contributed by atoms with E-state index in [-0.39, 0.29) is 28.7 Å². The summed E-state index contributed by atoms with van der Waals surface area (Å²) in [7, 11) is -3.73. The van der Waals surface area contributed by atoms with Crippen molar-refractivity contribution >= 4 is 39.2 Å². The number of halogens is 2. The lowest BCUT2D eigenvalue weighted by Crippen LogP contribution is -2.28. The van der Waals surface area contributed by atoms with Crippen molar-refractivity contribution in [1.82, 2.24) is 4.31 Å². The fourth-order valence-corrected chi connectivity index (χ4v) is 4.95. The van der Waals surface area contributed by atoms with Crippen LogP contribution in [0.4, 0.5) is 0 Å². The molecule has 2 aromatic carbocycles. The number of rotatable bonds is 7. The lowest BCUT2D eigenvalue weighted by molar-refractivity contribution is 0.0450. The van der Waals surface area contributed by atoms with Gasteiger partial charge in [0.1, 0.15) is 23.9 Å². The molecule has 0 saturated carbocycles. The Hall–Kier alpha value is -1.80. The minimum atomic E-state index is -3.73. The van der Waals surface area contributed by atoms with E-state index in [4.69, 9.17) is 32.7 Å². The van der Waals surface area contributed by atoms with Crippen molar-refractivity contribution < 1.29 is 22.7 Å². The molecule has 0 N–H and O–H groups in total. The van der Waals surface area contributed by atoms with Crippen LogP contribution in [0.3, 0.4) is 0 Å². The van der Waals surface area contributed by atoms with Crippen LogP contribution in [0.2, 0.25) is 10.0 Å². The highest BCUT2D eigenvalue weighted by atomic mass is 35.5. The van der Waals surface area contributed by atoms with Crippen LogP contribution in [-0.2, 0) is 14.8 Å². The highest BCUT2D eigenvalue weighted by Crippen LogP contribution is 2.28. The molecule has 1 heterocycles. The second-order valence-corrected chi connectivity index (χ2v) is 8.94. The van der Waals surface area contributed by atoms with Crippen LogP contribution in [0, 0.1) is 0 Å². The first kappa shape index (κ1) is 20.9. The third-order valence-corrected chi connectivity index (χ3v) is 6.88. The second kappa shape index (κ2) is 9.13. The Balaban J connectivity index is 1.61. The van der Waals surface area contributed by atoms with Gasteiger partial charge in [-0.25, -0.2) is 13.2 Å². The van der Waals surface area contributed by atoms with Crippen molar-refractivity contribution in [2.75, 3.05) is 26.3 Å². The van der Waals surface area contributed by atoms with Gasteiger partial charge in [-0.05, 0) is 55.3 Å². The van der Waals surface area contributed by atoms with E-state index in [0.29, 0.717) is 23.9 Å². The Morgan fingerprint density at radius 3 is 2.36 bits per heavy atom. The monoisotopic (exact) mass is 443 g/mol. The lowest BCUT2D eigenvalue weighted by Gasteiger charge is -2.17. The van der Waals surface area contributed by atoms with Crippen molar-refractivity contribution in [1.29, 1.82) is 0 Å². The standard InChI is InChI=1S/C19H19Cl2NO5S/c20-15-4-6-16(7-5-15)26-11-12-27-19(23)14-3-8-17(21)18(13-14)28(24,25)22-9-1-2-10-22/h3-8,13H,1-2,9-12H2. The van der Waals surface area contributed by atoms with Gasteiger partial charge in [-0.15, -0.1) is 0 Å². The molecule has 2 aromatic rings. The predicted molar refractivity (Wildman–Crippen MR) is 107 cm³/mol. The number of sulfonamides is 1. The molecule has 1 aliphatic rings. The van der Waals surface area contributed by atoms with Gasteiger partial charge in [-0.3, -0.25) is 0 Å². The Bertz CT molecular complexity index is 941. The number of carbonyl (C=O) groups is 1. The van der Waals surface area contributed by atoms with E-state index >= 15 is 0 Å². The second-order valence-electron chi connectivity index (χ2n) is 6.19. The molecule has 0 unspecified atom stereocenters. The number of ether oxygens (including phenoxy) is 2. The molecule has 3 rings (SSSR count). The SMILES string of the molecule is O=C(OCCOc1ccc(Cl)cc1)c1ccc(Cl)c(S(=O)(=O)N2CCCC2)c1. The zero-order valence-electron chi connectivity index (χ0n) is 14.9. The Morgan fingerprint density at radius 2 is 1.68 bits per heavy atom. The van der Waals surface area contributed by atoms with Crippen molar-refractivity contribution in [3.05, 3.63) is 58.1 Å². The van der Waals surface area contributed by atoms with Crippen LogP contribution in [0.1, 0.15) is 23.2 Å². The molecule has 150 valence electrons. The van der Waals surface area contributed by atoms with Gasteiger partial charge in [0.2, 0.25) is 10.0 Å². The highest BCUT2D eigenvalue weighted by Gasteiger charge is 2.29. The average Bonchev–Trinajstić information content (AvgIpc) is 3.22. The number of esters is 1. The summed E-state index contributed by atoms with van der Waals surface area (Å²) in [6.07, 6.45) is 1.62. The number of nitrogens with zero attached hydrogens (tertiary/aromatic N) is 1. The maximum absolute atomic E-state index is 12.7. The van der Waals surface area contributed by atoms with Crippen LogP contribution in [0.25, 0.3) is 0 Å². The summed E-state index contributed by atoms with van der Waals surface area (Å²) in [5, 5.41) is 0.677. The largest absolute Gasteiger partial charge is 0.490 e. The quantitative estimate of drug-likeness (QED) is 0.477. The normalized spacial score (nSPS) is 14.8. The molecular weight excluding hydrogens is 425 g/mol. The summed E-state index contributed by atoms with van der Waals surface area (Å²) in [4.78, 5) is 12.2. The molecule has 0 aromatic heterocycles. The molecule has 1 aliphatic heterocycles. The van der Waals surface area contributed by atoms with Crippen molar-refractivity contribution in [2.24, 2.45) is 0 Å².